The fourth-order valence-corrected chi connectivity index (χ4v) is 2.41. The summed E-state index contributed by atoms with van der Waals surface area (Å²) < 4.78 is 5.36. The summed E-state index contributed by atoms with van der Waals surface area (Å²) in [6.45, 7) is 2.35. The summed E-state index contributed by atoms with van der Waals surface area (Å²) in [6, 6.07) is 8.16. The van der Waals surface area contributed by atoms with E-state index < -0.39 is 0 Å². The smallest absolute Gasteiger partial charge is 0.101 e. The number of ether oxygens (including phenoxy) is 1. The van der Waals surface area contributed by atoms with Gasteiger partial charge in [0.1, 0.15) is 6.07 Å². The third-order valence-electron chi connectivity index (χ3n) is 3.53. The molecule has 96 valence electrons. The Hall–Kier alpha value is -1.57. The quantitative estimate of drug-likeness (QED) is 0.879. The first kappa shape index (κ1) is 12.9. The van der Waals surface area contributed by atoms with Crippen molar-refractivity contribution in [2.75, 3.05) is 25.1 Å². The van der Waals surface area contributed by atoms with Crippen LogP contribution in [-0.2, 0) is 11.3 Å². The fraction of sp³-hybridized carbons (Fsp3) is 0.500. The van der Waals surface area contributed by atoms with Crippen LogP contribution in [0, 0.1) is 11.3 Å². The lowest BCUT2D eigenvalue weighted by atomic mass is 10.0. The minimum Gasteiger partial charge on any atom is -0.381 e. The van der Waals surface area contributed by atoms with Gasteiger partial charge in [-0.15, -0.1) is 0 Å². The molecule has 2 rings (SSSR count). The molecule has 4 heteroatoms. The Morgan fingerprint density at radius 3 is 2.72 bits per heavy atom. The lowest BCUT2D eigenvalue weighted by Gasteiger charge is -2.33. The first-order valence-corrected chi connectivity index (χ1v) is 6.29. The van der Waals surface area contributed by atoms with E-state index in [2.05, 4.69) is 11.0 Å². The van der Waals surface area contributed by atoms with Crippen molar-refractivity contribution in [2.24, 2.45) is 5.73 Å². The highest BCUT2D eigenvalue weighted by atomic mass is 16.5. The van der Waals surface area contributed by atoms with E-state index in [9.17, 15) is 5.26 Å². The molecule has 0 unspecified atom stereocenters. The van der Waals surface area contributed by atoms with Gasteiger partial charge in [0.2, 0.25) is 0 Å². The number of anilines is 1. The second-order valence-corrected chi connectivity index (χ2v) is 4.59. The molecule has 18 heavy (non-hydrogen) atoms. The largest absolute Gasteiger partial charge is 0.381 e. The molecule has 1 aromatic carbocycles. The highest BCUT2D eigenvalue weighted by molar-refractivity contribution is 5.60. The van der Waals surface area contributed by atoms with E-state index in [1.54, 1.807) is 7.11 Å². The SMILES string of the molecule is COC1CCN(c2ccc(CN)cc2C#N)CC1. The average molecular weight is 245 g/mol. The standard InChI is InChI=1S/C14H19N3O/c1-18-13-4-6-17(7-5-13)14-3-2-11(9-15)8-12(14)10-16/h2-3,8,13H,4-7,9,15H2,1H3. The summed E-state index contributed by atoms with van der Waals surface area (Å²) in [5.74, 6) is 0. The number of benzene rings is 1. The van der Waals surface area contributed by atoms with Gasteiger partial charge in [0, 0.05) is 26.7 Å². The Morgan fingerprint density at radius 1 is 1.44 bits per heavy atom. The Bertz CT molecular complexity index is 445. The lowest BCUT2D eigenvalue weighted by molar-refractivity contribution is 0.0819. The van der Waals surface area contributed by atoms with Crippen molar-refractivity contribution in [1.29, 1.82) is 5.26 Å². The predicted molar refractivity (Wildman–Crippen MR) is 71.3 cm³/mol. The predicted octanol–water partition coefficient (Wildman–Crippen LogP) is 1.63. The maximum atomic E-state index is 9.23. The van der Waals surface area contributed by atoms with Gasteiger partial charge in [-0.25, -0.2) is 0 Å². The van der Waals surface area contributed by atoms with Gasteiger partial charge in [0.05, 0.1) is 17.4 Å². The Morgan fingerprint density at radius 2 is 2.17 bits per heavy atom. The molecule has 4 nitrogen and oxygen atoms in total. The first-order chi connectivity index (χ1) is 8.78. The molecular formula is C14H19N3O. The molecule has 1 aromatic rings. The zero-order chi connectivity index (χ0) is 13.0. The molecule has 1 aliphatic heterocycles. The molecule has 1 aliphatic rings. The molecule has 0 amide bonds. The van der Waals surface area contributed by atoms with Crippen LogP contribution in [0.2, 0.25) is 0 Å². The minimum atomic E-state index is 0.357. The average Bonchev–Trinajstić information content (AvgIpc) is 2.46. The summed E-state index contributed by atoms with van der Waals surface area (Å²) in [5, 5.41) is 9.23. The van der Waals surface area contributed by atoms with Crippen molar-refractivity contribution in [2.45, 2.75) is 25.5 Å². The van der Waals surface area contributed by atoms with Gasteiger partial charge in [0.15, 0.2) is 0 Å². The molecule has 0 radical (unpaired) electrons. The van der Waals surface area contributed by atoms with E-state index in [1.165, 1.54) is 0 Å². The van der Waals surface area contributed by atoms with Crippen LogP contribution in [0.3, 0.4) is 0 Å². The Kier molecular flexibility index (Phi) is 4.19. The summed E-state index contributed by atoms with van der Waals surface area (Å²) in [4.78, 5) is 2.26. The van der Waals surface area contributed by atoms with Gasteiger partial charge < -0.3 is 15.4 Å². The summed E-state index contributed by atoms with van der Waals surface area (Å²) in [5.41, 5.74) is 8.33. The molecule has 1 fully saturated rings. The van der Waals surface area contributed by atoms with Crippen LogP contribution in [0.15, 0.2) is 18.2 Å². The second-order valence-electron chi connectivity index (χ2n) is 4.59. The van der Waals surface area contributed by atoms with Gasteiger partial charge in [0.25, 0.3) is 0 Å². The van der Waals surface area contributed by atoms with Crippen LogP contribution >= 0.6 is 0 Å². The third-order valence-corrected chi connectivity index (χ3v) is 3.53. The number of hydrogen-bond donors (Lipinski definition) is 1. The number of piperidine rings is 1. The molecule has 0 atom stereocenters. The fourth-order valence-electron chi connectivity index (χ4n) is 2.41. The summed E-state index contributed by atoms with van der Waals surface area (Å²) >= 11 is 0. The molecule has 0 aromatic heterocycles. The molecular weight excluding hydrogens is 226 g/mol. The Balaban J connectivity index is 2.16. The van der Waals surface area contributed by atoms with Crippen LogP contribution in [-0.4, -0.2) is 26.3 Å². The number of methoxy groups -OCH3 is 1. The van der Waals surface area contributed by atoms with Crippen LogP contribution in [0.4, 0.5) is 5.69 Å². The van der Waals surface area contributed by atoms with Crippen molar-refractivity contribution < 1.29 is 4.74 Å². The van der Waals surface area contributed by atoms with Crippen molar-refractivity contribution in [3.05, 3.63) is 29.3 Å². The van der Waals surface area contributed by atoms with Crippen LogP contribution in [0.25, 0.3) is 0 Å². The zero-order valence-electron chi connectivity index (χ0n) is 10.7. The van der Waals surface area contributed by atoms with Gasteiger partial charge in [-0.1, -0.05) is 6.07 Å². The van der Waals surface area contributed by atoms with E-state index in [-0.39, 0.29) is 0 Å². The van der Waals surface area contributed by atoms with Gasteiger partial charge in [-0.3, -0.25) is 0 Å². The van der Waals surface area contributed by atoms with Crippen molar-refractivity contribution in [3.63, 3.8) is 0 Å². The van der Waals surface area contributed by atoms with Gasteiger partial charge in [-0.2, -0.15) is 5.26 Å². The third kappa shape index (κ3) is 2.63. The van der Waals surface area contributed by atoms with Crippen LogP contribution in [0.5, 0.6) is 0 Å². The van der Waals surface area contributed by atoms with Crippen molar-refractivity contribution in [1.82, 2.24) is 0 Å². The molecule has 0 bridgehead atoms. The topological polar surface area (TPSA) is 62.3 Å². The molecule has 2 N–H and O–H groups in total. The summed E-state index contributed by atoms with van der Waals surface area (Å²) in [7, 11) is 1.76. The summed E-state index contributed by atoms with van der Waals surface area (Å²) in [6.07, 6.45) is 2.38. The maximum absolute atomic E-state index is 9.23. The molecule has 0 saturated carbocycles. The van der Waals surface area contributed by atoms with Gasteiger partial charge >= 0.3 is 0 Å². The molecule has 1 saturated heterocycles. The minimum absolute atomic E-state index is 0.357. The molecule has 0 spiro atoms. The number of hydrogen-bond acceptors (Lipinski definition) is 4. The van der Waals surface area contributed by atoms with E-state index >= 15 is 0 Å². The van der Waals surface area contributed by atoms with E-state index in [0.29, 0.717) is 18.2 Å². The highest BCUT2D eigenvalue weighted by Crippen LogP contribution is 2.25. The van der Waals surface area contributed by atoms with Gasteiger partial charge in [-0.05, 0) is 30.5 Å². The zero-order valence-corrected chi connectivity index (χ0v) is 10.7. The normalized spacial score (nSPS) is 16.6. The van der Waals surface area contributed by atoms with Crippen molar-refractivity contribution >= 4 is 5.69 Å². The number of nitriles is 1. The molecule has 0 aliphatic carbocycles. The number of rotatable bonds is 3. The molecule has 1 heterocycles. The number of nitrogens with zero attached hydrogens (tertiary/aromatic N) is 2. The second kappa shape index (κ2) is 5.85. The lowest BCUT2D eigenvalue weighted by Crippen LogP contribution is -2.37. The van der Waals surface area contributed by atoms with E-state index in [4.69, 9.17) is 10.5 Å². The first-order valence-electron chi connectivity index (χ1n) is 6.29. The maximum Gasteiger partial charge on any atom is 0.101 e. The van der Waals surface area contributed by atoms with E-state index in [1.807, 2.05) is 18.2 Å². The van der Waals surface area contributed by atoms with Crippen LogP contribution in [0.1, 0.15) is 24.0 Å². The van der Waals surface area contributed by atoms with E-state index in [0.717, 1.165) is 37.2 Å². The monoisotopic (exact) mass is 245 g/mol. The van der Waals surface area contributed by atoms with Crippen molar-refractivity contribution in [3.8, 4) is 6.07 Å². The van der Waals surface area contributed by atoms with Crippen LogP contribution < -0.4 is 10.6 Å². The highest BCUT2D eigenvalue weighted by Gasteiger charge is 2.20. The number of nitrogens with two attached hydrogens (primary N) is 1. The Labute approximate surface area is 108 Å².